The maximum absolute atomic E-state index is 12.5. The number of halogens is 4. The van der Waals surface area contributed by atoms with Crippen molar-refractivity contribution < 1.29 is 13.9 Å². The van der Waals surface area contributed by atoms with E-state index in [0.29, 0.717) is 34.4 Å². The van der Waals surface area contributed by atoms with Gasteiger partial charge in [0.2, 0.25) is 0 Å². The molecule has 0 radical (unpaired) electrons. The van der Waals surface area contributed by atoms with Gasteiger partial charge >= 0.3 is 5.91 Å². The molecule has 0 bridgehead atoms. The van der Waals surface area contributed by atoms with Crippen molar-refractivity contribution in [3.63, 3.8) is 0 Å². The number of nitrogens with zero attached hydrogens (tertiary/aromatic N) is 1. The van der Waals surface area contributed by atoms with E-state index in [4.69, 9.17) is 32.4 Å². The number of allylic oxidation sites excluding steroid dienone is 1. The van der Waals surface area contributed by atoms with Gasteiger partial charge in [0.05, 0.1) is 20.7 Å². The van der Waals surface area contributed by atoms with Gasteiger partial charge in [0.15, 0.2) is 5.76 Å². The number of rotatable bonds is 8. The molecule has 0 spiro atoms. The Kier molecular flexibility index (Phi) is 8.34. The minimum absolute atomic E-state index is 0.176. The van der Waals surface area contributed by atoms with Crippen LogP contribution in [0.15, 0.2) is 85.7 Å². The molecule has 0 aliphatic carbocycles. The van der Waals surface area contributed by atoms with Crippen molar-refractivity contribution in [3.8, 4) is 5.75 Å². The average molecular weight is 637 g/mol. The van der Waals surface area contributed by atoms with Crippen LogP contribution in [0, 0.1) is 0 Å². The van der Waals surface area contributed by atoms with Crippen molar-refractivity contribution in [1.29, 1.82) is 0 Å². The first-order valence-corrected chi connectivity index (χ1v) is 12.7. The number of hydrogen-bond acceptors (Lipinski definition) is 4. The lowest BCUT2D eigenvalue weighted by molar-refractivity contribution is 0.0929. The number of carbonyl (C=O) groups excluding carboxylic acids is 1. The predicted octanol–water partition coefficient (Wildman–Crippen LogP) is 8.34. The first-order chi connectivity index (χ1) is 16.8. The molecule has 1 aromatic heterocycles. The third-order valence-electron chi connectivity index (χ3n) is 4.96. The predicted molar refractivity (Wildman–Crippen MR) is 148 cm³/mol. The van der Waals surface area contributed by atoms with Crippen LogP contribution in [-0.4, -0.2) is 12.1 Å². The minimum Gasteiger partial charge on any atom is -0.487 e. The monoisotopic (exact) mass is 634 g/mol. The molecule has 0 aliphatic heterocycles. The molecule has 178 valence electrons. The van der Waals surface area contributed by atoms with Crippen LogP contribution < -0.4 is 10.2 Å². The highest BCUT2D eigenvalue weighted by Gasteiger charge is 2.13. The normalized spacial score (nSPS) is 11.2. The number of hydrazone groups is 1. The first-order valence-electron chi connectivity index (χ1n) is 10.4. The van der Waals surface area contributed by atoms with E-state index < -0.39 is 5.91 Å². The molecule has 0 aliphatic rings. The van der Waals surface area contributed by atoms with Crippen LogP contribution in [0.3, 0.4) is 0 Å². The SMILES string of the molecule is C=CCc1cc(/C=N/NC(=O)c2cc3cc(Br)ccc3o2)cc(Br)c1OCc1ccc(Cl)c(Cl)c1. The summed E-state index contributed by atoms with van der Waals surface area (Å²) >= 11 is 19.1. The van der Waals surface area contributed by atoms with Crippen molar-refractivity contribution in [2.24, 2.45) is 5.10 Å². The van der Waals surface area contributed by atoms with Crippen LogP contribution in [0.2, 0.25) is 10.0 Å². The van der Waals surface area contributed by atoms with Gasteiger partial charge in [-0.25, -0.2) is 5.43 Å². The Balaban J connectivity index is 1.47. The maximum atomic E-state index is 12.5. The van der Waals surface area contributed by atoms with Gasteiger partial charge in [-0.2, -0.15) is 5.10 Å². The number of benzene rings is 3. The highest BCUT2D eigenvalue weighted by atomic mass is 79.9. The van der Waals surface area contributed by atoms with Gasteiger partial charge < -0.3 is 9.15 Å². The molecule has 0 saturated heterocycles. The Morgan fingerprint density at radius 2 is 1.91 bits per heavy atom. The fourth-order valence-electron chi connectivity index (χ4n) is 3.35. The molecule has 35 heavy (non-hydrogen) atoms. The summed E-state index contributed by atoms with van der Waals surface area (Å²) in [6, 6.07) is 16.3. The second kappa shape index (κ2) is 11.4. The summed E-state index contributed by atoms with van der Waals surface area (Å²) in [6.45, 7) is 4.15. The van der Waals surface area contributed by atoms with E-state index in [1.807, 2.05) is 30.3 Å². The standard InChI is InChI=1S/C26H18Br2Cl2N2O3/c1-2-3-17-8-16(9-20(28)25(17)34-14-15-4-6-21(29)22(30)10-15)13-31-32-26(33)24-12-18-11-19(27)5-7-23(18)35-24/h2,4-13H,1,3,14H2,(H,32,33)/b31-13+. The molecule has 4 aromatic rings. The lowest BCUT2D eigenvalue weighted by Gasteiger charge is -2.14. The Hall–Kier alpha value is -2.58. The average Bonchev–Trinajstić information content (AvgIpc) is 3.24. The van der Waals surface area contributed by atoms with Gasteiger partial charge in [0, 0.05) is 9.86 Å². The van der Waals surface area contributed by atoms with Crippen molar-refractivity contribution in [2.75, 3.05) is 0 Å². The lowest BCUT2D eigenvalue weighted by Crippen LogP contribution is -2.16. The Bertz CT molecular complexity index is 1450. The van der Waals surface area contributed by atoms with Crippen molar-refractivity contribution in [3.05, 3.63) is 109 Å². The van der Waals surface area contributed by atoms with Gasteiger partial charge in [-0.1, -0.05) is 51.3 Å². The Morgan fingerprint density at radius 3 is 2.69 bits per heavy atom. The molecule has 0 saturated carbocycles. The topological polar surface area (TPSA) is 63.8 Å². The second-order valence-corrected chi connectivity index (χ2v) is 10.1. The quantitative estimate of drug-likeness (QED) is 0.120. The fourth-order valence-corrected chi connectivity index (χ4v) is 4.68. The van der Waals surface area contributed by atoms with Crippen molar-refractivity contribution in [2.45, 2.75) is 13.0 Å². The van der Waals surface area contributed by atoms with Gasteiger partial charge in [-0.3, -0.25) is 4.79 Å². The number of nitrogens with one attached hydrogen (secondary N) is 1. The molecule has 9 heteroatoms. The summed E-state index contributed by atoms with van der Waals surface area (Å²) in [4.78, 5) is 12.5. The van der Waals surface area contributed by atoms with Crippen LogP contribution in [-0.2, 0) is 13.0 Å². The summed E-state index contributed by atoms with van der Waals surface area (Å²) in [5, 5.41) is 5.87. The van der Waals surface area contributed by atoms with E-state index in [9.17, 15) is 4.79 Å². The third-order valence-corrected chi connectivity index (χ3v) is 6.78. The van der Waals surface area contributed by atoms with Gasteiger partial charge in [0.1, 0.15) is 17.9 Å². The van der Waals surface area contributed by atoms with Crippen LogP contribution >= 0.6 is 55.1 Å². The van der Waals surface area contributed by atoms with Crippen molar-refractivity contribution >= 4 is 78.2 Å². The molecule has 1 heterocycles. The molecule has 4 rings (SSSR count). The fraction of sp³-hybridized carbons (Fsp3) is 0.0769. The minimum atomic E-state index is -0.444. The molecule has 0 unspecified atom stereocenters. The molecule has 0 fully saturated rings. The van der Waals surface area contributed by atoms with Crippen LogP contribution in [0.4, 0.5) is 0 Å². The third kappa shape index (κ3) is 6.35. The summed E-state index contributed by atoms with van der Waals surface area (Å²) in [6.07, 6.45) is 3.92. The number of carbonyl (C=O) groups is 1. The number of fused-ring (bicyclic) bond motifs is 1. The number of ether oxygens (including phenoxy) is 1. The highest BCUT2D eigenvalue weighted by molar-refractivity contribution is 9.10. The zero-order valence-electron chi connectivity index (χ0n) is 18.2. The van der Waals surface area contributed by atoms with Gasteiger partial charge in [-0.15, -0.1) is 6.58 Å². The number of furan rings is 1. The number of hydrogen-bond donors (Lipinski definition) is 1. The molecule has 1 N–H and O–H groups in total. The first kappa shape index (κ1) is 25.5. The lowest BCUT2D eigenvalue weighted by atomic mass is 10.1. The molecule has 0 atom stereocenters. The maximum Gasteiger partial charge on any atom is 0.307 e. The van der Waals surface area contributed by atoms with Crippen LogP contribution in [0.25, 0.3) is 11.0 Å². The highest BCUT2D eigenvalue weighted by Crippen LogP contribution is 2.32. The van der Waals surface area contributed by atoms with Crippen LogP contribution in [0.5, 0.6) is 5.75 Å². The van der Waals surface area contributed by atoms with E-state index in [1.165, 1.54) is 0 Å². The van der Waals surface area contributed by atoms with Gasteiger partial charge in [-0.05, 0) is 87.6 Å². The second-order valence-electron chi connectivity index (χ2n) is 7.51. The van der Waals surface area contributed by atoms with Crippen LogP contribution in [0.1, 0.15) is 27.2 Å². The summed E-state index contributed by atoms with van der Waals surface area (Å²) in [5.74, 6) is 0.418. The van der Waals surface area contributed by atoms with E-state index in [2.05, 4.69) is 49.0 Å². The van der Waals surface area contributed by atoms with E-state index >= 15 is 0 Å². The molecule has 1 amide bonds. The Labute approximate surface area is 229 Å². The molecule has 5 nitrogen and oxygen atoms in total. The molecule has 3 aromatic carbocycles. The zero-order valence-corrected chi connectivity index (χ0v) is 22.8. The van der Waals surface area contributed by atoms with Crippen molar-refractivity contribution in [1.82, 2.24) is 5.43 Å². The summed E-state index contributed by atoms with van der Waals surface area (Å²) in [5.41, 5.74) is 5.69. The number of amides is 1. The molecular weight excluding hydrogens is 619 g/mol. The van der Waals surface area contributed by atoms with E-state index in [0.717, 1.165) is 31.0 Å². The zero-order chi connectivity index (χ0) is 24.9. The molecular formula is C26H18Br2Cl2N2O3. The largest absolute Gasteiger partial charge is 0.487 e. The van der Waals surface area contributed by atoms with Gasteiger partial charge in [0.25, 0.3) is 0 Å². The summed E-state index contributed by atoms with van der Waals surface area (Å²) < 4.78 is 13.3. The van der Waals surface area contributed by atoms with E-state index in [-0.39, 0.29) is 5.76 Å². The summed E-state index contributed by atoms with van der Waals surface area (Å²) in [7, 11) is 0. The Morgan fingerprint density at radius 1 is 1.09 bits per heavy atom. The smallest absolute Gasteiger partial charge is 0.307 e. The van der Waals surface area contributed by atoms with E-state index in [1.54, 1.807) is 36.6 Å².